The lowest BCUT2D eigenvalue weighted by molar-refractivity contribution is 0.667. The minimum atomic E-state index is -0.285. The van der Waals surface area contributed by atoms with E-state index in [4.69, 9.17) is 4.42 Å². The molecule has 0 amide bonds. The highest BCUT2D eigenvalue weighted by atomic mass is 16.3. The minimum absolute atomic E-state index is 0.285. The molecule has 0 saturated carbocycles. The Morgan fingerprint density at radius 1 is 0.423 bits per heavy atom. The van der Waals surface area contributed by atoms with Crippen molar-refractivity contribution in [3.8, 4) is 33.4 Å². The molecule has 52 heavy (non-hydrogen) atoms. The number of benzene rings is 8. The molecule has 0 unspecified atom stereocenters. The Labute approximate surface area is 303 Å². The second-order valence-electron chi connectivity index (χ2n) is 13.8. The SMILES string of the molecule is CC1(c2ccc3oc4c(N(c5ccc(-c6ccccc6)cc5)c5cccc(-c6ccccc6)c5)cccc4c3c2)c2ccccc2-c2ccccc21. The quantitative estimate of drug-likeness (QED) is 0.176. The summed E-state index contributed by atoms with van der Waals surface area (Å²) in [6.45, 7) is 2.37. The number of nitrogens with zero attached hydrogens (tertiary/aromatic N) is 1. The maximum Gasteiger partial charge on any atom is 0.159 e. The van der Waals surface area contributed by atoms with Crippen molar-refractivity contribution < 1.29 is 4.42 Å². The predicted molar refractivity (Wildman–Crippen MR) is 217 cm³/mol. The van der Waals surface area contributed by atoms with Crippen molar-refractivity contribution in [1.82, 2.24) is 0 Å². The van der Waals surface area contributed by atoms with E-state index in [1.54, 1.807) is 0 Å². The Kier molecular flexibility index (Phi) is 6.97. The Morgan fingerprint density at radius 3 is 1.69 bits per heavy atom. The van der Waals surface area contributed by atoms with Crippen molar-refractivity contribution >= 4 is 39.0 Å². The topological polar surface area (TPSA) is 16.4 Å². The van der Waals surface area contributed by atoms with Gasteiger partial charge in [-0.1, -0.05) is 152 Å². The summed E-state index contributed by atoms with van der Waals surface area (Å²) in [6.07, 6.45) is 0. The first-order valence-corrected chi connectivity index (χ1v) is 17.9. The zero-order valence-electron chi connectivity index (χ0n) is 28.8. The fourth-order valence-corrected chi connectivity index (χ4v) is 8.35. The molecule has 1 aliphatic carbocycles. The molecular weight excluding hydrogens is 631 g/mol. The molecule has 0 N–H and O–H groups in total. The molecule has 9 aromatic rings. The lowest BCUT2D eigenvalue weighted by Gasteiger charge is -2.28. The van der Waals surface area contributed by atoms with Crippen LogP contribution >= 0.6 is 0 Å². The first-order valence-electron chi connectivity index (χ1n) is 17.9. The summed E-state index contributed by atoms with van der Waals surface area (Å²) < 4.78 is 6.86. The van der Waals surface area contributed by atoms with E-state index in [0.29, 0.717) is 0 Å². The van der Waals surface area contributed by atoms with Gasteiger partial charge >= 0.3 is 0 Å². The third-order valence-corrected chi connectivity index (χ3v) is 11.0. The average Bonchev–Trinajstić information content (AvgIpc) is 3.73. The van der Waals surface area contributed by atoms with Crippen molar-refractivity contribution in [3.63, 3.8) is 0 Å². The summed E-state index contributed by atoms with van der Waals surface area (Å²) in [6, 6.07) is 69.8. The van der Waals surface area contributed by atoms with Crippen LogP contribution in [-0.4, -0.2) is 0 Å². The van der Waals surface area contributed by atoms with Gasteiger partial charge in [0.05, 0.1) is 5.69 Å². The molecule has 0 fully saturated rings. The van der Waals surface area contributed by atoms with Crippen LogP contribution in [0.25, 0.3) is 55.3 Å². The largest absolute Gasteiger partial charge is 0.454 e. The third kappa shape index (κ3) is 4.72. The average molecular weight is 666 g/mol. The fourth-order valence-electron chi connectivity index (χ4n) is 8.35. The third-order valence-electron chi connectivity index (χ3n) is 11.0. The maximum absolute atomic E-state index is 6.86. The number of fused-ring (bicyclic) bond motifs is 6. The second-order valence-corrected chi connectivity index (χ2v) is 13.8. The van der Waals surface area contributed by atoms with Crippen LogP contribution < -0.4 is 4.90 Å². The van der Waals surface area contributed by atoms with Crippen LogP contribution in [0.4, 0.5) is 17.1 Å². The van der Waals surface area contributed by atoms with E-state index >= 15 is 0 Å². The summed E-state index contributed by atoms with van der Waals surface area (Å²) >= 11 is 0. The van der Waals surface area contributed by atoms with E-state index in [2.05, 4.69) is 206 Å². The lowest BCUT2D eigenvalue weighted by Crippen LogP contribution is -2.22. The van der Waals surface area contributed by atoms with Crippen LogP contribution in [0.2, 0.25) is 0 Å². The molecular formula is C50H35NO. The van der Waals surface area contributed by atoms with E-state index in [1.165, 1.54) is 44.5 Å². The summed E-state index contributed by atoms with van der Waals surface area (Å²) in [5, 5.41) is 2.22. The number of para-hydroxylation sites is 1. The van der Waals surface area contributed by atoms with Gasteiger partial charge in [-0.05, 0) is 99.5 Å². The van der Waals surface area contributed by atoms with Gasteiger partial charge in [0.15, 0.2) is 5.58 Å². The van der Waals surface area contributed by atoms with E-state index in [1.807, 2.05) is 0 Å². The number of hydrogen-bond donors (Lipinski definition) is 0. The molecule has 1 aliphatic rings. The fraction of sp³-hybridized carbons (Fsp3) is 0.0400. The van der Waals surface area contributed by atoms with Crippen molar-refractivity contribution in [2.45, 2.75) is 12.3 Å². The highest BCUT2D eigenvalue weighted by Gasteiger charge is 2.40. The van der Waals surface area contributed by atoms with E-state index in [9.17, 15) is 0 Å². The van der Waals surface area contributed by atoms with E-state index < -0.39 is 0 Å². The Hall–Kier alpha value is -6.64. The van der Waals surface area contributed by atoms with Gasteiger partial charge in [-0.3, -0.25) is 0 Å². The van der Waals surface area contributed by atoms with Crippen LogP contribution in [0.3, 0.4) is 0 Å². The molecule has 8 aromatic carbocycles. The molecule has 1 heterocycles. The molecule has 2 nitrogen and oxygen atoms in total. The minimum Gasteiger partial charge on any atom is -0.454 e. The Morgan fingerprint density at radius 2 is 1.00 bits per heavy atom. The van der Waals surface area contributed by atoms with E-state index in [-0.39, 0.29) is 5.41 Å². The highest BCUT2D eigenvalue weighted by molar-refractivity contribution is 6.10. The molecule has 246 valence electrons. The van der Waals surface area contributed by atoms with Crippen molar-refractivity contribution in [2.24, 2.45) is 0 Å². The van der Waals surface area contributed by atoms with Crippen LogP contribution in [0.1, 0.15) is 23.6 Å². The molecule has 0 spiro atoms. The van der Waals surface area contributed by atoms with Crippen LogP contribution in [0.15, 0.2) is 199 Å². The normalized spacial score (nSPS) is 12.9. The molecule has 0 saturated heterocycles. The summed E-state index contributed by atoms with van der Waals surface area (Å²) in [7, 11) is 0. The highest BCUT2D eigenvalue weighted by Crippen LogP contribution is 2.53. The first-order chi connectivity index (χ1) is 25.7. The first kappa shape index (κ1) is 30.2. The number of rotatable bonds is 6. The van der Waals surface area contributed by atoms with Crippen molar-refractivity contribution in [2.75, 3.05) is 4.90 Å². The zero-order valence-corrected chi connectivity index (χ0v) is 28.8. The van der Waals surface area contributed by atoms with Crippen molar-refractivity contribution in [3.05, 3.63) is 211 Å². The van der Waals surface area contributed by atoms with Gasteiger partial charge in [0.1, 0.15) is 5.58 Å². The van der Waals surface area contributed by atoms with Crippen LogP contribution in [-0.2, 0) is 5.41 Å². The van der Waals surface area contributed by atoms with Crippen molar-refractivity contribution in [1.29, 1.82) is 0 Å². The van der Waals surface area contributed by atoms with Gasteiger partial charge in [-0.25, -0.2) is 0 Å². The molecule has 0 aliphatic heterocycles. The molecule has 1 aromatic heterocycles. The molecule has 2 heteroatoms. The van der Waals surface area contributed by atoms with Gasteiger partial charge in [0, 0.05) is 27.6 Å². The van der Waals surface area contributed by atoms with Gasteiger partial charge in [-0.15, -0.1) is 0 Å². The molecule has 0 bridgehead atoms. The number of hydrogen-bond acceptors (Lipinski definition) is 2. The number of furan rings is 1. The maximum atomic E-state index is 6.86. The standard InChI is InChI=1S/C50H35NO/c1-50(45-23-10-8-20-41(45)42-21-9-11-24-46(42)50)38-28-31-48-44(33-38)43-22-13-25-47(49(43)52-48)51(39-29-26-36(27-30-39)34-14-4-2-5-15-34)40-19-12-18-37(32-40)35-16-6-3-7-17-35/h2-33H,1H3. The van der Waals surface area contributed by atoms with Gasteiger partial charge in [0.2, 0.25) is 0 Å². The molecule has 0 radical (unpaired) electrons. The van der Waals surface area contributed by atoms with Crippen LogP contribution in [0, 0.1) is 0 Å². The summed E-state index contributed by atoms with van der Waals surface area (Å²) in [5.74, 6) is 0. The van der Waals surface area contributed by atoms with Crippen LogP contribution in [0.5, 0.6) is 0 Å². The molecule has 10 rings (SSSR count). The number of anilines is 3. The smallest absolute Gasteiger partial charge is 0.159 e. The molecule has 0 atom stereocenters. The zero-order chi connectivity index (χ0) is 34.6. The Balaban J connectivity index is 1.15. The summed E-state index contributed by atoms with van der Waals surface area (Å²) in [4.78, 5) is 2.33. The van der Waals surface area contributed by atoms with Gasteiger partial charge < -0.3 is 9.32 Å². The predicted octanol–water partition coefficient (Wildman–Crippen LogP) is 13.7. The Bertz CT molecular complexity index is 2700. The lowest BCUT2D eigenvalue weighted by atomic mass is 9.74. The summed E-state index contributed by atoms with van der Waals surface area (Å²) in [5.41, 5.74) is 15.9. The monoisotopic (exact) mass is 665 g/mol. The van der Waals surface area contributed by atoms with E-state index in [0.717, 1.165) is 44.6 Å². The van der Waals surface area contributed by atoms with Gasteiger partial charge in [0.25, 0.3) is 0 Å². The second kappa shape index (κ2) is 12.0. The van der Waals surface area contributed by atoms with Gasteiger partial charge in [-0.2, -0.15) is 0 Å².